The van der Waals surface area contributed by atoms with Gasteiger partial charge in [-0.05, 0) is 30.7 Å². The fraction of sp³-hybridized carbons (Fsp3) is 0.278. The van der Waals surface area contributed by atoms with Crippen LogP contribution in [0.2, 0.25) is 0 Å². The van der Waals surface area contributed by atoms with Crippen LogP contribution in [0.15, 0.2) is 48.1 Å². The first-order valence-corrected chi connectivity index (χ1v) is 8.97. The number of nitrogens with zero attached hydrogens (tertiary/aromatic N) is 2. The largest absolute Gasteiger partial charge is 0.470 e. The third-order valence-electron chi connectivity index (χ3n) is 4.12. The monoisotopic (exact) mass is 355 g/mol. The smallest absolute Gasteiger partial charge is 0.251 e. The highest BCUT2D eigenvalue weighted by molar-refractivity contribution is 7.16. The number of amides is 1. The summed E-state index contributed by atoms with van der Waals surface area (Å²) < 4.78 is 12.4. The molecule has 1 saturated heterocycles. The number of carbonyl (C=O) groups excluding carboxylic acids is 1. The highest BCUT2D eigenvalue weighted by Crippen LogP contribution is 2.20. The average Bonchev–Trinajstić information content (AvgIpc) is 3.12. The average molecular weight is 355 g/mol. The molecule has 0 unspecified atom stereocenters. The molecule has 7 heteroatoms. The van der Waals surface area contributed by atoms with E-state index >= 15 is 0 Å². The lowest BCUT2D eigenvalue weighted by Gasteiger charge is -2.32. The Kier molecular flexibility index (Phi) is 4.58. The zero-order valence-electron chi connectivity index (χ0n) is 13.4. The van der Waals surface area contributed by atoms with Crippen molar-refractivity contribution in [2.45, 2.75) is 18.6 Å². The minimum atomic E-state index is -0.264. The van der Waals surface area contributed by atoms with Crippen LogP contribution in [0.3, 0.4) is 0 Å². The first-order valence-electron chi connectivity index (χ1n) is 8.09. The van der Waals surface area contributed by atoms with Crippen molar-refractivity contribution in [1.82, 2.24) is 15.3 Å². The Morgan fingerprint density at radius 3 is 3.12 bits per heavy atom. The third kappa shape index (κ3) is 3.62. The van der Waals surface area contributed by atoms with E-state index in [0.29, 0.717) is 31.1 Å². The lowest BCUT2D eigenvalue weighted by Crippen LogP contribution is -2.51. The Morgan fingerprint density at radius 2 is 2.24 bits per heavy atom. The van der Waals surface area contributed by atoms with Gasteiger partial charge in [-0.2, -0.15) is 0 Å². The second-order valence-electron chi connectivity index (χ2n) is 5.80. The summed E-state index contributed by atoms with van der Waals surface area (Å²) in [6, 6.07) is 10.9. The molecular weight excluding hydrogens is 338 g/mol. The molecule has 1 aliphatic heterocycles. The van der Waals surface area contributed by atoms with Gasteiger partial charge in [-0.1, -0.05) is 6.07 Å². The van der Waals surface area contributed by atoms with E-state index in [1.54, 1.807) is 23.8 Å². The zero-order chi connectivity index (χ0) is 17.1. The second-order valence-corrected chi connectivity index (χ2v) is 6.69. The maximum absolute atomic E-state index is 12.6. The van der Waals surface area contributed by atoms with Crippen molar-refractivity contribution in [1.29, 1.82) is 0 Å². The Labute approximate surface area is 148 Å². The van der Waals surface area contributed by atoms with Crippen LogP contribution >= 0.6 is 11.3 Å². The van der Waals surface area contributed by atoms with Crippen molar-refractivity contribution < 1.29 is 14.3 Å². The summed E-state index contributed by atoms with van der Waals surface area (Å²) in [6.07, 6.45) is 2.11. The molecule has 0 radical (unpaired) electrons. The number of carbonyl (C=O) groups is 1. The molecule has 3 heterocycles. The molecule has 0 bridgehead atoms. The van der Waals surface area contributed by atoms with E-state index in [0.717, 1.165) is 10.2 Å². The van der Waals surface area contributed by atoms with Gasteiger partial charge in [0.2, 0.25) is 5.88 Å². The van der Waals surface area contributed by atoms with Crippen LogP contribution in [0.4, 0.5) is 0 Å². The van der Waals surface area contributed by atoms with Crippen LogP contribution in [-0.2, 0) is 4.74 Å². The maximum atomic E-state index is 12.6. The molecular formula is C18H17N3O3S. The van der Waals surface area contributed by atoms with Gasteiger partial charge in [0, 0.05) is 24.4 Å². The van der Waals surface area contributed by atoms with E-state index in [1.165, 1.54) is 11.3 Å². The number of hydrogen-bond donors (Lipinski definition) is 1. The summed E-state index contributed by atoms with van der Waals surface area (Å²) in [5.74, 6) is 0.417. The summed E-state index contributed by atoms with van der Waals surface area (Å²) in [4.78, 5) is 21.1. The van der Waals surface area contributed by atoms with Gasteiger partial charge in [0.25, 0.3) is 5.91 Å². The van der Waals surface area contributed by atoms with Crippen LogP contribution in [0.5, 0.6) is 5.88 Å². The summed E-state index contributed by atoms with van der Waals surface area (Å²) in [6.45, 7) is 1.02. The number of fused-ring (bicyclic) bond motifs is 1. The van der Waals surface area contributed by atoms with Crippen LogP contribution < -0.4 is 10.1 Å². The Hall–Kier alpha value is -2.51. The van der Waals surface area contributed by atoms with Gasteiger partial charge >= 0.3 is 0 Å². The number of hydrogen-bond acceptors (Lipinski definition) is 6. The van der Waals surface area contributed by atoms with Gasteiger partial charge in [0.15, 0.2) is 0 Å². The fourth-order valence-electron chi connectivity index (χ4n) is 2.81. The molecule has 1 aliphatic rings. The first kappa shape index (κ1) is 16.0. The van der Waals surface area contributed by atoms with Gasteiger partial charge in [-0.3, -0.25) is 4.79 Å². The standard InChI is InChI=1S/C18H17N3O3S/c22-18(12-4-5-14-16(9-12)25-11-20-14)21-13-6-8-23-10-15(13)24-17-3-1-2-7-19-17/h1-5,7,9,11,13,15H,6,8,10H2,(H,21,22)/t13-,15-/m1/s1. The van der Waals surface area contributed by atoms with Crippen molar-refractivity contribution in [3.8, 4) is 5.88 Å². The highest BCUT2D eigenvalue weighted by Gasteiger charge is 2.29. The number of nitrogens with one attached hydrogen (secondary N) is 1. The van der Waals surface area contributed by atoms with Crippen molar-refractivity contribution in [2.75, 3.05) is 13.2 Å². The lowest BCUT2D eigenvalue weighted by atomic mass is 10.1. The van der Waals surface area contributed by atoms with Gasteiger partial charge in [-0.15, -0.1) is 11.3 Å². The number of ether oxygens (including phenoxy) is 2. The molecule has 1 amide bonds. The van der Waals surface area contributed by atoms with Crippen molar-refractivity contribution in [3.63, 3.8) is 0 Å². The van der Waals surface area contributed by atoms with Crippen LogP contribution in [0.1, 0.15) is 16.8 Å². The minimum absolute atomic E-state index is 0.114. The Balaban J connectivity index is 1.47. The summed E-state index contributed by atoms with van der Waals surface area (Å²) in [7, 11) is 0. The molecule has 4 rings (SSSR count). The van der Waals surface area contributed by atoms with Gasteiger partial charge in [0.05, 0.1) is 28.4 Å². The fourth-order valence-corrected chi connectivity index (χ4v) is 3.53. The quantitative estimate of drug-likeness (QED) is 0.779. The number of aromatic nitrogens is 2. The van der Waals surface area contributed by atoms with Gasteiger partial charge in [-0.25, -0.2) is 9.97 Å². The second kappa shape index (κ2) is 7.16. The van der Waals surface area contributed by atoms with E-state index in [2.05, 4.69) is 15.3 Å². The number of thiazole rings is 1. The molecule has 128 valence electrons. The molecule has 0 saturated carbocycles. The van der Waals surface area contributed by atoms with E-state index in [4.69, 9.17) is 9.47 Å². The molecule has 1 aromatic carbocycles. The van der Waals surface area contributed by atoms with E-state index in [1.807, 2.05) is 24.3 Å². The molecule has 1 N–H and O–H groups in total. The summed E-state index contributed by atoms with van der Waals surface area (Å²) in [5, 5.41) is 3.07. The summed E-state index contributed by atoms with van der Waals surface area (Å²) >= 11 is 1.52. The minimum Gasteiger partial charge on any atom is -0.470 e. The molecule has 25 heavy (non-hydrogen) atoms. The number of rotatable bonds is 4. The normalized spacial score (nSPS) is 20.3. The molecule has 3 aromatic rings. The van der Waals surface area contributed by atoms with E-state index < -0.39 is 0 Å². The first-order chi connectivity index (χ1) is 12.3. The Bertz CT molecular complexity index is 868. The van der Waals surface area contributed by atoms with Crippen LogP contribution in [0, 0.1) is 0 Å². The third-order valence-corrected chi connectivity index (χ3v) is 4.92. The van der Waals surface area contributed by atoms with Crippen LogP contribution in [0.25, 0.3) is 10.2 Å². The van der Waals surface area contributed by atoms with Crippen molar-refractivity contribution in [2.24, 2.45) is 0 Å². The predicted octanol–water partition coefficient (Wildman–Crippen LogP) is 2.66. The number of benzene rings is 1. The highest BCUT2D eigenvalue weighted by atomic mass is 32.1. The van der Waals surface area contributed by atoms with Crippen molar-refractivity contribution >= 4 is 27.5 Å². The predicted molar refractivity (Wildman–Crippen MR) is 95.0 cm³/mol. The molecule has 0 aliphatic carbocycles. The van der Waals surface area contributed by atoms with E-state index in [-0.39, 0.29) is 18.1 Å². The van der Waals surface area contributed by atoms with Crippen LogP contribution in [-0.4, -0.2) is 41.2 Å². The zero-order valence-corrected chi connectivity index (χ0v) is 14.2. The topological polar surface area (TPSA) is 73.3 Å². The van der Waals surface area contributed by atoms with Gasteiger partial charge in [0.1, 0.15) is 6.10 Å². The molecule has 2 aromatic heterocycles. The summed E-state index contributed by atoms with van der Waals surface area (Å²) in [5.41, 5.74) is 3.31. The van der Waals surface area contributed by atoms with Gasteiger partial charge < -0.3 is 14.8 Å². The molecule has 0 spiro atoms. The molecule has 1 fully saturated rings. The van der Waals surface area contributed by atoms with E-state index in [9.17, 15) is 4.79 Å². The maximum Gasteiger partial charge on any atom is 0.251 e. The van der Waals surface area contributed by atoms with Crippen molar-refractivity contribution in [3.05, 3.63) is 53.7 Å². The molecule has 6 nitrogen and oxygen atoms in total. The molecule has 2 atom stereocenters. The lowest BCUT2D eigenvalue weighted by molar-refractivity contribution is -0.0152. The SMILES string of the molecule is O=C(N[C@@H]1CCOC[C@H]1Oc1ccccn1)c1ccc2ncsc2c1. The Morgan fingerprint density at radius 1 is 1.28 bits per heavy atom. The number of pyridine rings is 1.